The van der Waals surface area contributed by atoms with Gasteiger partial charge >= 0.3 is 0 Å². The Morgan fingerprint density at radius 3 is 2.39 bits per heavy atom. The molecule has 3 fully saturated rings. The fraction of sp³-hybridized carbons (Fsp3) is 0.538. The minimum absolute atomic E-state index is 0.0435. The summed E-state index contributed by atoms with van der Waals surface area (Å²) in [5, 5.41) is 0. The van der Waals surface area contributed by atoms with Crippen molar-refractivity contribution < 1.29 is 18.7 Å². The summed E-state index contributed by atoms with van der Waals surface area (Å²) in [7, 11) is 0. The number of amides is 2. The Balaban J connectivity index is 1.63. The van der Waals surface area contributed by atoms with Crippen molar-refractivity contribution in [2.75, 3.05) is 0 Å². The molecule has 0 spiro atoms. The van der Waals surface area contributed by atoms with Gasteiger partial charge in [-0.05, 0) is 25.0 Å². The summed E-state index contributed by atoms with van der Waals surface area (Å²) in [5.74, 6) is -0.0236. The fourth-order valence-electron chi connectivity index (χ4n) is 3.49. The van der Waals surface area contributed by atoms with Crippen LogP contribution in [0.2, 0.25) is 0 Å². The first-order valence-electron chi connectivity index (χ1n) is 6.29. The molecule has 5 heteroatoms. The molecule has 2 bridgehead atoms. The normalized spacial score (nSPS) is 37.7. The van der Waals surface area contributed by atoms with Crippen LogP contribution in [0.4, 0.5) is 0 Å². The second-order valence-electron chi connectivity index (χ2n) is 5.18. The van der Waals surface area contributed by atoms with Gasteiger partial charge in [-0.3, -0.25) is 14.5 Å². The van der Waals surface area contributed by atoms with E-state index in [1.807, 2.05) is 0 Å². The van der Waals surface area contributed by atoms with Crippen LogP contribution in [0.15, 0.2) is 22.8 Å². The number of ether oxygens (including phenoxy) is 1. The van der Waals surface area contributed by atoms with Gasteiger partial charge in [0, 0.05) is 0 Å². The van der Waals surface area contributed by atoms with E-state index in [0.717, 1.165) is 12.8 Å². The van der Waals surface area contributed by atoms with Gasteiger partial charge in [0.05, 0.1) is 36.9 Å². The lowest BCUT2D eigenvalue weighted by molar-refractivity contribution is -0.143. The number of hydrogen-bond donors (Lipinski definition) is 0. The number of hydrogen-bond acceptors (Lipinski definition) is 4. The van der Waals surface area contributed by atoms with Crippen LogP contribution in [0.1, 0.15) is 18.6 Å². The van der Waals surface area contributed by atoms with E-state index < -0.39 is 0 Å². The highest BCUT2D eigenvalue weighted by Gasteiger charge is 2.62. The minimum atomic E-state index is -0.244. The molecule has 0 aliphatic carbocycles. The van der Waals surface area contributed by atoms with Crippen molar-refractivity contribution in [3.05, 3.63) is 24.2 Å². The minimum Gasteiger partial charge on any atom is -0.467 e. The quantitative estimate of drug-likeness (QED) is 0.730. The van der Waals surface area contributed by atoms with Crippen LogP contribution in [0.5, 0.6) is 0 Å². The molecule has 0 radical (unpaired) electrons. The molecule has 3 aliphatic rings. The number of carbonyl (C=O) groups excluding carboxylic acids is 2. The maximum absolute atomic E-state index is 12.3. The third-order valence-electron chi connectivity index (χ3n) is 4.27. The molecule has 1 aromatic heterocycles. The maximum Gasteiger partial charge on any atom is 0.236 e. The first-order valence-corrected chi connectivity index (χ1v) is 6.29. The summed E-state index contributed by atoms with van der Waals surface area (Å²) >= 11 is 0. The topological polar surface area (TPSA) is 59.8 Å². The van der Waals surface area contributed by atoms with E-state index in [1.165, 1.54) is 4.90 Å². The van der Waals surface area contributed by atoms with Crippen LogP contribution < -0.4 is 0 Å². The second-order valence-corrected chi connectivity index (χ2v) is 5.18. The van der Waals surface area contributed by atoms with Crippen LogP contribution in [0.3, 0.4) is 0 Å². The molecule has 4 rings (SSSR count). The SMILES string of the molecule is O=C1C2C3CCC(O3)C2C(=O)N1Cc1ccco1. The van der Waals surface area contributed by atoms with Gasteiger partial charge in [0.15, 0.2) is 0 Å². The summed E-state index contributed by atoms with van der Waals surface area (Å²) in [6, 6.07) is 3.54. The lowest BCUT2D eigenvalue weighted by atomic mass is 9.81. The van der Waals surface area contributed by atoms with Crippen LogP contribution in [0, 0.1) is 11.8 Å². The highest BCUT2D eigenvalue weighted by molar-refractivity contribution is 6.06. The first kappa shape index (κ1) is 10.3. The molecule has 3 aliphatic heterocycles. The van der Waals surface area contributed by atoms with E-state index in [4.69, 9.17) is 9.15 Å². The van der Waals surface area contributed by atoms with Gasteiger partial charge in [0.25, 0.3) is 0 Å². The zero-order valence-corrected chi connectivity index (χ0v) is 9.74. The van der Waals surface area contributed by atoms with Crippen molar-refractivity contribution in [1.82, 2.24) is 4.90 Å². The molecule has 5 nitrogen and oxygen atoms in total. The van der Waals surface area contributed by atoms with Gasteiger partial charge in [-0.1, -0.05) is 0 Å². The molecular weight excluding hydrogens is 234 g/mol. The number of rotatable bonds is 2. The predicted molar refractivity (Wildman–Crippen MR) is 59.1 cm³/mol. The molecule has 3 saturated heterocycles. The van der Waals surface area contributed by atoms with E-state index >= 15 is 0 Å². The van der Waals surface area contributed by atoms with Gasteiger partial charge < -0.3 is 9.15 Å². The average Bonchev–Trinajstić information content (AvgIpc) is 3.10. The summed E-state index contributed by atoms with van der Waals surface area (Å²) in [6.45, 7) is 0.247. The molecule has 0 saturated carbocycles. The zero-order chi connectivity index (χ0) is 12.3. The summed E-state index contributed by atoms with van der Waals surface area (Å²) in [4.78, 5) is 25.9. The average molecular weight is 247 g/mol. The van der Waals surface area contributed by atoms with E-state index in [-0.39, 0.29) is 42.4 Å². The molecule has 0 N–H and O–H groups in total. The third-order valence-corrected chi connectivity index (χ3v) is 4.27. The number of likely N-dealkylation sites (tertiary alicyclic amines) is 1. The Kier molecular flexibility index (Phi) is 1.97. The first-order chi connectivity index (χ1) is 8.75. The maximum atomic E-state index is 12.3. The molecular formula is C13H13NO4. The van der Waals surface area contributed by atoms with Crippen LogP contribution in [-0.2, 0) is 20.9 Å². The van der Waals surface area contributed by atoms with Gasteiger partial charge in [0.1, 0.15) is 5.76 Å². The van der Waals surface area contributed by atoms with E-state index in [0.29, 0.717) is 5.76 Å². The highest BCUT2D eigenvalue weighted by atomic mass is 16.5. The Bertz CT molecular complexity index is 481. The zero-order valence-electron chi connectivity index (χ0n) is 9.74. The van der Waals surface area contributed by atoms with Crippen LogP contribution in [-0.4, -0.2) is 28.9 Å². The Labute approximate surface area is 104 Å². The van der Waals surface area contributed by atoms with Crippen molar-refractivity contribution in [3.63, 3.8) is 0 Å². The molecule has 4 atom stereocenters. The standard InChI is InChI=1S/C13H13NO4/c15-12-10-8-3-4-9(18-8)11(10)13(16)14(12)6-7-2-1-5-17-7/h1-2,5,8-11H,3-4,6H2. The largest absolute Gasteiger partial charge is 0.467 e. The summed E-state index contributed by atoms with van der Waals surface area (Å²) in [6.07, 6.45) is 3.27. The molecule has 94 valence electrons. The van der Waals surface area contributed by atoms with Crippen LogP contribution in [0.25, 0.3) is 0 Å². The molecule has 18 heavy (non-hydrogen) atoms. The van der Waals surface area contributed by atoms with Crippen molar-refractivity contribution >= 4 is 11.8 Å². The fourth-order valence-corrected chi connectivity index (χ4v) is 3.49. The molecule has 1 aromatic rings. The summed E-state index contributed by atoms with van der Waals surface area (Å²) < 4.78 is 10.9. The van der Waals surface area contributed by atoms with Crippen molar-refractivity contribution in [3.8, 4) is 0 Å². The van der Waals surface area contributed by atoms with Crippen molar-refractivity contribution in [2.45, 2.75) is 31.6 Å². The molecule has 4 heterocycles. The Hall–Kier alpha value is -1.62. The third kappa shape index (κ3) is 1.20. The Morgan fingerprint density at radius 2 is 1.83 bits per heavy atom. The van der Waals surface area contributed by atoms with E-state index in [1.54, 1.807) is 18.4 Å². The summed E-state index contributed by atoms with van der Waals surface area (Å²) in [5.41, 5.74) is 0. The number of carbonyl (C=O) groups is 2. The number of nitrogens with zero attached hydrogens (tertiary/aromatic N) is 1. The van der Waals surface area contributed by atoms with E-state index in [9.17, 15) is 9.59 Å². The van der Waals surface area contributed by atoms with Crippen LogP contribution >= 0.6 is 0 Å². The van der Waals surface area contributed by atoms with Crippen molar-refractivity contribution in [1.29, 1.82) is 0 Å². The van der Waals surface area contributed by atoms with Gasteiger partial charge in [-0.15, -0.1) is 0 Å². The smallest absolute Gasteiger partial charge is 0.236 e. The Morgan fingerprint density at radius 1 is 1.17 bits per heavy atom. The number of furan rings is 1. The van der Waals surface area contributed by atoms with Crippen molar-refractivity contribution in [2.24, 2.45) is 11.8 Å². The second kappa shape index (κ2) is 3.45. The number of imide groups is 1. The lowest BCUT2D eigenvalue weighted by Crippen LogP contribution is -2.33. The predicted octanol–water partition coefficient (Wildman–Crippen LogP) is 0.942. The number of fused-ring (bicyclic) bond motifs is 5. The van der Waals surface area contributed by atoms with E-state index in [2.05, 4.69) is 0 Å². The molecule has 2 amide bonds. The molecule has 0 aromatic carbocycles. The molecule has 4 unspecified atom stereocenters. The monoisotopic (exact) mass is 247 g/mol. The highest BCUT2D eigenvalue weighted by Crippen LogP contribution is 2.48. The lowest BCUT2D eigenvalue weighted by Gasteiger charge is -2.15. The van der Waals surface area contributed by atoms with Gasteiger partial charge in [0.2, 0.25) is 11.8 Å². The van der Waals surface area contributed by atoms with Gasteiger partial charge in [-0.25, -0.2) is 0 Å². The van der Waals surface area contributed by atoms with Gasteiger partial charge in [-0.2, -0.15) is 0 Å².